The lowest BCUT2D eigenvalue weighted by molar-refractivity contribution is 0.0691. The van der Waals surface area contributed by atoms with Crippen LogP contribution in [0.2, 0.25) is 5.02 Å². The van der Waals surface area contributed by atoms with Crippen LogP contribution in [0.5, 0.6) is 0 Å². The van der Waals surface area contributed by atoms with E-state index in [9.17, 15) is 4.79 Å². The summed E-state index contributed by atoms with van der Waals surface area (Å²) in [6, 6.07) is 6.82. The summed E-state index contributed by atoms with van der Waals surface area (Å²) < 4.78 is 1.32. The van der Waals surface area contributed by atoms with Gasteiger partial charge in [-0.05, 0) is 6.07 Å². The molecule has 0 radical (unpaired) electrons. The number of aromatic nitrogens is 3. The highest BCUT2D eigenvalue weighted by Gasteiger charge is 2.21. The van der Waals surface area contributed by atoms with E-state index in [0.717, 1.165) is 0 Å². The number of aliphatic hydroxyl groups excluding tert-OH is 1. The molecule has 18 heavy (non-hydrogen) atoms. The fourth-order valence-electron chi connectivity index (χ4n) is 1.63. The van der Waals surface area contributed by atoms with Crippen LogP contribution in [0.15, 0.2) is 24.3 Å². The van der Waals surface area contributed by atoms with Gasteiger partial charge in [-0.2, -0.15) is 0 Å². The van der Waals surface area contributed by atoms with Gasteiger partial charge in [-0.1, -0.05) is 35.0 Å². The van der Waals surface area contributed by atoms with Crippen molar-refractivity contribution in [3.8, 4) is 11.3 Å². The number of nitrogens with zero attached hydrogens (tertiary/aromatic N) is 3. The molecule has 0 spiro atoms. The van der Waals surface area contributed by atoms with Crippen LogP contribution < -0.4 is 0 Å². The van der Waals surface area contributed by atoms with E-state index in [-0.39, 0.29) is 18.8 Å². The Balaban J connectivity index is 2.63. The van der Waals surface area contributed by atoms with Crippen molar-refractivity contribution < 1.29 is 15.0 Å². The van der Waals surface area contributed by atoms with E-state index in [1.807, 2.05) is 0 Å². The van der Waals surface area contributed by atoms with E-state index >= 15 is 0 Å². The van der Waals surface area contributed by atoms with Crippen molar-refractivity contribution in [3.05, 3.63) is 35.0 Å². The van der Waals surface area contributed by atoms with Gasteiger partial charge in [-0.25, -0.2) is 9.48 Å². The zero-order valence-electron chi connectivity index (χ0n) is 9.25. The van der Waals surface area contributed by atoms with Gasteiger partial charge in [0.25, 0.3) is 0 Å². The second-order valence-electron chi connectivity index (χ2n) is 3.52. The minimum absolute atomic E-state index is 0.154. The maximum absolute atomic E-state index is 11.1. The van der Waals surface area contributed by atoms with E-state index in [1.165, 1.54) is 4.68 Å². The maximum Gasteiger partial charge on any atom is 0.358 e. The summed E-state index contributed by atoms with van der Waals surface area (Å²) in [7, 11) is 0. The lowest BCUT2D eigenvalue weighted by Gasteiger charge is -2.07. The van der Waals surface area contributed by atoms with Gasteiger partial charge >= 0.3 is 5.97 Å². The number of aromatic carboxylic acids is 1. The third-order valence-electron chi connectivity index (χ3n) is 2.38. The van der Waals surface area contributed by atoms with Gasteiger partial charge < -0.3 is 10.2 Å². The molecule has 0 amide bonds. The lowest BCUT2D eigenvalue weighted by Crippen LogP contribution is -2.07. The molecule has 1 aromatic carbocycles. The molecular formula is C11H10ClN3O3. The first-order chi connectivity index (χ1) is 8.65. The van der Waals surface area contributed by atoms with Crippen LogP contribution in [0, 0.1) is 0 Å². The third-order valence-corrected chi connectivity index (χ3v) is 2.71. The summed E-state index contributed by atoms with van der Waals surface area (Å²) in [6.07, 6.45) is 0. The van der Waals surface area contributed by atoms with E-state index in [0.29, 0.717) is 16.3 Å². The molecule has 2 N–H and O–H groups in total. The Morgan fingerprint density at radius 3 is 2.72 bits per heavy atom. The van der Waals surface area contributed by atoms with Gasteiger partial charge in [-0.15, -0.1) is 5.10 Å². The number of benzene rings is 1. The highest BCUT2D eigenvalue weighted by Crippen LogP contribution is 2.29. The summed E-state index contributed by atoms with van der Waals surface area (Å²) in [5, 5.41) is 25.7. The lowest BCUT2D eigenvalue weighted by atomic mass is 10.1. The second kappa shape index (κ2) is 5.16. The van der Waals surface area contributed by atoms with Crippen LogP contribution >= 0.6 is 11.6 Å². The monoisotopic (exact) mass is 267 g/mol. The molecule has 0 fully saturated rings. The predicted octanol–water partition coefficient (Wildman–Crippen LogP) is 1.29. The summed E-state index contributed by atoms with van der Waals surface area (Å²) >= 11 is 6.04. The van der Waals surface area contributed by atoms with Gasteiger partial charge in [0, 0.05) is 5.56 Å². The van der Waals surface area contributed by atoms with Crippen molar-refractivity contribution in [3.63, 3.8) is 0 Å². The van der Waals surface area contributed by atoms with Gasteiger partial charge in [-0.3, -0.25) is 0 Å². The molecule has 0 saturated carbocycles. The molecule has 2 rings (SSSR count). The quantitative estimate of drug-likeness (QED) is 0.871. The average Bonchev–Trinajstić information content (AvgIpc) is 2.74. The fourth-order valence-corrected chi connectivity index (χ4v) is 1.85. The number of halogens is 1. The van der Waals surface area contributed by atoms with Crippen LogP contribution in [0.1, 0.15) is 10.5 Å². The first-order valence-corrected chi connectivity index (χ1v) is 5.55. The van der Waals surface area contributed by atoms with Crippen LogP contribution in [0.3, 0.4) is 0 Å². The van der Waals surface area contributed by atoms with E-state index in [2.05, 4.69) is 10.3 Å². The normalized spacial score (nSPS) is 10.6. The molecular weight excluding hydrogens is 258 g/mol. The number of carbonyl (C=O) groups is 1. The zero-order chi connectivity index (χ0) is 13.1. The third kappa shape index (κ3) is 2.20. The number of hydrogen-bond acceptors (Lipinski definition) is 4. The van der Waals surface area contributed by atoms with E-state index < -0.39 is 5.97 Å². The van der Waals surface area contributed by atoms with Crippen molar-refractivity contribution in [2.75, 3.05) is 6.61 Å². The van der Waals surface area contributed by atoms with Crippen LogP contribution in [0.25, 0.3) is 11.3 Å². The van der Waals surface area contributed by atoms with Crippen molar-refractivity contribution in [2.24, 2.45) is 0 Å². The largest absolute Gasteiger partial charge is 0.476 e. The van der Waals surface area contributed by atoms with Crippen LogP contribution in [-0.2, 0) is 6.54 Å². The maximum atomic E-state index is 11.1. The van der Waals surface area contributed by atoms with Crippen molar-refractivity contribution >= 4 is 17.6 Å². The SMILES string of the molecule is O=C(O)c1nnn(CCO)c1-c1ccccc1Cl. The number of aliphatic hydroxyl groups is 1. The highest BCUT2D eigenvalue weighted by atomic mass is 35.5. The van der Waals surface area contributed by atoms with Gasteiger partial charge in [0.15, 0.2) is 5.69 Å². The number of hydrogen-bond donors (Lipinski definition) is 2. The molecule has 0 aliphatic heterocycles. The van der Waals surface area contributed by atoms with Gasteiger partial charge in [0.05, 0.1) is 18.2 Å². The zero-order valence-corrected chi connectivity index (χ0v) is 10.0. The summed E-state index contributed by atoms with van der Waals surface area (Å²) in [5.41, 5.74) is 0.633. The minimum atomic E-state index is -1.19. The molecule has 1 heterocycles. The summed E-state index contributed by atoms with van der Waals surface area (Å²) in [5.74, 6) is -1.19. The minimum Gasteiger partial charge on any atom is -0.476 e. The van der Waals surface area contributed by atoms with Crippen LogP contribution in [0.4, 0.5) is 0 Å². The number of rotatable bonds is 4. The van der Waals surface area contributed by atoms with Crippen LogP contribution in [-0.4, -0.2) is 37.8 Å². The Labute approximate surface area is 107 Å². The van der Waals surface area contributed by atoms with E-state index in [4.69, 9.17) is 21.8 Å². The van der Waals surface area contributed by atoms with Crippen molar-refractivity contribution in [1.82, 2.24) is 15.0 Å². The molecule has 2 aromatic rings. The number of carboxylic acids is 1. The molecule has 7 heteroatoms. The van der Waals surface area contributed by atoms with Gasteiger partial charge in [0.1, 0.15) is 5.69 Å². The average molecular weight is 268 g/mol. The molecule has 0 aliphatic rings. The topological polar surface area (TPSA) is 88.2 Å². The molecule has 0 atom stereocenters. The smallest absolute Gasteiger partial charge is 0.358 e. The Hall–Kier alpha value is -1.92. The Kier molecular flexibility index (Phi) is 3.59. The fraction of sp³-hybridized carbons (Fsp3) is 0.182. The number of carboxylic acid groups (broad SMARTS) is 1. The van der Waals surface area contributed by atoms with E-state index in [1.54, 1.807) is 24.3 Å². The molecule has 0 unspecified atom stereocenters. The molecule has 1 aromatic heterocycles. The first kappa shape index (κ1) is 12.5. The Morgan fingerprint density at radius 2 is 2.11 bits per heavy atom. The van der Waals surface area contributed by atoms with Crippen molar-refractivity contribution in [1.29, 1.82) is 0 Å². The summed E-state index contributed by atoms with van der Waals surface area (Å²) in [4.78, 5) is 11.1. The predicted molar refractivity (Wildman–Crippen MR) is 64.5 cm³/mol. The Morgan fingerprint density at radius 1 is 1.39 bits per heavy atom. The highest BCUT2D eigenvalue weighted by molar-refractivity contribution is 6.33. The molecule has 6 nitrogen and oxygen atoms in total. The molecule has 0 aliphatic carbocycles. The molecule has 0 saturated heterocycles. The summed E-state index contributed by atoms with van der Waals surface area (Å²) in [6.45, 7) is -0.0132. The standard InChI is InChI=1S/C11H10ClN3O3/c12-8-4-2-1-3-7(8)10-9(11(17)18)13-14-15(10)5-6-16/h1-4,16H,5-6H2,(H,17,18). The van der Waals surface area contributed by atoms with Crippen molar-refractivity contribution in [2.45, 2.75) is 6.54 Å². The Bertz CT molecular complexity index is 583. The first-order valence-electron chi connectivity index (χ1n) is 5.17. The van der Waals surface area contributed by atoms with Gasteiger partial charge in [0.2, 0.25) is 0 Å². The molecule has 0 bridgehead atoms. The molecule has 94 valence electrons. The second-order valence-corrected chi connectivity index (χ2v) is 3.93.